The van der Waals surface area contributed by atoms with Gasteiger partial charge in [0.15, 0.2) is 0 Å². The van der Waals surface area contributed by atoms with Crippen LogP contribution in [0.3, 0.4) is 0 Å². The number of rotatable bonds is 3. The third kappa shape index (κ3) is 1.88. The van der Waals surface area contributed by atoms with Crippen molar-refractivity contribution in [2.75, 3.05) is 19.0 Å². The van der Waals surface area contributed by atoms with Gasteiger partial charge in [0.05, 0.1) is 5.92 Å². The van der Waals surface area contributed by atoms with E-state index < -0.39 is 5.97 Å². The maximum Gasteiger partial charge on any atom is 0.307 e. The molecule has 0 saturated heterocycles. The molecular weight excluding hydrogens is 216 g/mol. The molecular formula is C13H18N2O2. The van der Waals surface area contributed by atoms with Crippen molar-refractivity contribution in [2.24, 2.45) is 11.3 Å². The summed E-state index contributed by atoms with van der Waals surface area (Å²) in [6.45, 7) is 3.99. The first kappa shape index (κ1) is 11.9. The van der Waals surface area contributed by atoms with Gasteiger partial charge in [0.2, 0.25) is 0 Å². The molecule has 1 aromatic rings. The topological polar surface area (TPSA) is 53.4 Å². The summed E-state index contributed by atoms with van der Waals surface area (Å²) in [5.41, 5.74) is 0.862. The van der Waals surface area contributed by atoms with Crippen LogP contribution in [0.2, 0.25) is 0 Å². The molecule has 0 aromatic carbocycles. The number of aromatic nitrogens is 1. The van der Waals surface area contributed by atoms with Crippen molar-refractivity contribution < 1.29 is 9.90 Å². The molecule has 1 heterocycles. The maximum atomic E-state index is 11.1. The fourth-order valence-electron chi connectivity index (χ4n) is 2.57. The fourth-order valence-corrected chi connectivity index (χ4v) is 2.57. The molecule has 4 heteroatoms. The molecule has 92 valence electrons. The van der Waals surface area contributed by atoms with Gasteiger partial charge < -0.3 is 10.0 Å². The molecule has 1 N–H and O–H groups in total. The lowest BCUT2D eigenvalue weighted by Crippen LogP contribution is -2.10. The van der Waals surface area contributed by atoms with Gasteiger partial charge in [-0.25, -0.2) is 4.98 Å². The molecule has 2 atom stereocenters. The minimum Gasteiger partial charge on any atom is -0.481 e. The lowest BCUT2D eigenvalue weighted by molar-refractivity contribution is -0.139. The number of carboxylic acids is 1. The molecule has 4 nitrogen and oxygen atoms in total. The van der Waals surface area contributed by atoms with Gasteiger partial charge in [-0.1, -0.05) is 19.9 Å². The fraction of sp³-hybridized carbons (Fsp3) is 0.538. The third-order valence-corrected chi connectivity index (χ3v) is 3.68. The quantitative estimate of drug-likeness (QED) is 0.868. The van der Waals surface area contributed by atoms with Gasteiger partial charge >= 0.3 is 5.97 Å². The summed E-state index contributed by atoms with van der Waals surface area (Å²) in [5, 5.41) is 9.13. The Hall–Kier alpha value is -1.58. The largest absolute Gasteiger partial charge is 0.481 e. The maximum absolute atomic E-state index is 11.1. The van der Waals surface area contributed by atoms with E-state index in [9.17, 15) is 4.79 Å². The van der Waals surface area contributed by atoms with Crippen LogP contribution >= 0.6 is 0 Å². The molecule has 0 aliphatic heterocycles. The smallest absolute Gasteiger partial charge is 0.307 e. The van der Waals surface area contributed by atoms with Crippen LogP contribution in [0.25, 0.3) is 0 Å². The minimum atomic E-state index is -0.711. The molecule has 1 aliphatic rings. The molecule has 1 saturated carbocycles. The van der Waals surface area contributed by atoms with Crippen molar-refractivity contribution in [3.63, 3.8) is 0 Å². The van der Waals surface area contributed by atoms with E-state index in [1.807, 2.05) is 45.0 Å². The van der Waals surface area contributed by atoms with Crippen LogP contribution in [0.15, 0.2) is 18.3 Å². The average Bonchev–Trinajstić information content (AvgIpc) is 2.82. The van der Waals surface area contributed by atoms with Crippen molar-refractivity contribution >= 4 is 11.8 Å². The molecule has 0 spiro atoms. The highest BCUT2D eigenvalue weighted by molar-refractivity contribution is 5.77. The zero-order valence-electron chi connectivity index (χ0n) is 10.6. The molecule has 0 bridgehead atoms. The van der Waals surface area contributed by atoms with Gasteiger partial charge in [-0.2, -0.15) is 0 Å². The highest BCUT2D eigenvalue weighted by atomic mass is 16.4. The zero-order chi connectivity index (χ0) is 12.8. The van der Waals surface area contributed by atoms with Crippen molar-refractivity contribution in [1.29, 1.82) is 0 Å². The van der Waals surface area contributed by atoms with Gasteiger partial charge in [-0.3, -0.25) is 4.79 Å². The van der Waals surface area contributed by atoms with Crippen molar-refractivity contribution in [3.05, 3.63) is 23.9 Å². The van der Waals surface area contributed by atoms with E-state index in [0.29, 0.717) is 0 Å². The van der Waals surface area contributed by atoms with Gasteiger partial charge in [0.25, 0.3) is 0 Å². The van der Waals surface area contributed by atoms with Crippen molar-refractivity contribution in [1.82, 2.24) is 4.98 Å². The minimum absolute atomic E-state index is 0.0868. The second-order valence-corrected chi connectivity index (χ2v) is 5.46. The van der Waals surface area contributed by atoms with Crippen molar-refractivity contribution in [2.45, 2.75) is 19.8 Å². The van der Waals surface area contributed by atoms with E-state index in [1.165, 1.54) is 0 Å². The lowest BCUT2D eigenvalue weighted by atomic mass is 10.0. The Balaban J connectivity index is 2.23. The Morgan fingerprint density at radius 3 is 2.41 bits per heavy atom. The molecule has 1 aliphatic carbocycles. The predicted octanol–water partition coefficient (Wildman–Crippen LogP) is 1.97. The lowest BCUT2D eigenvalue weighted by Gasteiger charge is -2.11. The van der Waals surface area contributed by atoms with E-state index >= 15 is 0 Å². The zero-order valence-corrected chi connectivity index (χ0v) is 10.6. The second kappa shape index (κ2) is 3.72. The molecule has 2 rings (SSSR count). The Bertz CT molecular complexity index is 437. The third-order valence-electron chi connectivity index (χ3n) is 3.68. The number of hydrogen-bond donors (Lipinski definition) is 1. The first-order valence-corrected chi connectivity index (χ1v) is 5.71. The molecule has 0 radical (unpaired) electrons. The summed E-state index contributed by atoms with van der Waals surface area (Å²) in [5.74, 6) is -0.0195. The van der Waals surface area contributed by atoms with Gasteiger partial charge in [0, 0.05) is 26.2 Å². The Labute approximate surface area is 101 Å². The molecule has 1 aromatic heterocycles. The van der Waals surface area contributed by atoms with Crippen LogP contribution in [0, 0.1) is 11.3 Å². The summed E-state index contributed by atoms with van der Waals surface area (Å²) in [6.07, 6.45) is 1.80. The summed E-state index contributed by atoms with van der Waals surface area (Å²) < 4.78 is 0. The van der Waals surface area contributed by atoms with Crippen LogP contribution in [0.4, 0.5) is 5.82 Å². The number of pyridine rings is 1. The van der Waals surface area contributed by atoms with Gasteiger partial charge in [-0.15, -0.1) is 0 Å². The first-order chi connectivity index (χ1) is 7.85. The van der Waals surface area contributed by atoms with Crippen LogP contribution in [0.1, 0.15) is 25.3 Å². The van der Waals surface area contributed by atoms with E-state index in [4.69, 9.17) is 5.11 Å². The number of anilines is 1. The number of nitrogens with zero attached hydrogens (tertiary/aromatic N) is 2. The average molecular weight is 234 g/mol. The van der Waals surface area contributed by atoms with Crippen molar-refractivity contribution in [3.8, 4) is 0 Å². The number of carboxylic acid groups (broad SMARTS) is 1. The highest BCUT2D eigenvalue weighted by Gasteiger charge is 2.62. The Morgan fingerprint density at radius 1 is 1.41 bits per heavy atom. The van der Waals surface area contributed by atoms with E-state index in [1.54, 1.807) is 6.20 Å². The van der Waals surface area contributed by atoms with E-state index in [0.717, 1.165) is 11.4 Å². The second-order valence-electron chi connectivity index (χ2n) is 5.46. The molecule has 2 unspecified atom stereocenters. The van der Waals surface area contributed by atoms with E-state index in [2.05, 4.69) is 4.98 Å². The van der Waals surface area contributed by atoms with Crippen LogP contribution in [0.5, 0.6) is 0 Å². The monoisotopic (exact) mass is 234 g/mol. The number of carbonyl (C=O) groups is 1. The standard InChI is InChI=1S/C13H18N2O2/c1-13(2)10(11(13)12(16)17)8-5-6-9(14-7-8)15(3)4/h5-7,10-11H,1-4H3,(H,16,17). The summed E-state index contributed by atoms with van der Waals surface area (Å²) >= 11 is 0. The van der Waals surface area contributed by atoms with Gasteiger partial charge in [-0.05, 0) is 17.0 Å². The molecule has 0 amide bonds. The Morgan fingerprint density at radius 2 is 2.06 bits per heavy atom. The summed E-state index contributed by atoms with van der Waals surface area (Å²) in [7, 11) is 3.87. The Kier molecular flexibility index (Phi) is 2.60. The van der Waals surface area contributed by atoms with Gasteiger partial charge in [0.1, 0.15) is 5.82 Å². The highest BCUT2D eigenvalue weighted by Crippen LogP contribution is 2.64. The van der Waals surface area contributed by atoms with Crippen LogP contribution < -0.4 is 4.90 Å². The predicted molar refractivity (Wildman–Crippen MR) is 66.2 cm³/mol. The van der Waals surface area contributed by atoms with E-state index in [-0.39, 0.29) is 17.3 Å². The normalized spacial score (nSPS) is 25.4. The van der Waals surface area contributed by atoms with Crippen LogP contribution in [-0.4, -0.2) is 30.2 Å². The summed E-state index contributed by atoms with van der Waals surface area (Å²) in [4.78, 5) is 17.4. The SMILES string of the molecule is CN(C)c1ccc(C2C(C(=O)O)C2(C)C)cn1. The number of hydrogen-bond acceptors (Lipinski definition) is 3. The molecule has 1 fully saturated rings. The molecule has 17 heavy (non-hydrogen) atoms. The number of aliphatic carboxylic acids is 1. The van der Waals surface area contributed by atoms with Crippen LogP contribution in [-0.2, 0) is 4.79 Å². The first-order valence-electron chi connectivity index (χ1n) is 5.71. The summed E-state index contributed by atoms with van der Waals surface area (Å²) in [6, 6.07) is 3.92.